The summed E-state index contributed by atoms with van der Waals surface area (Å²) in [5.41, 5.74) is 0.604. The zero-order chi connectivity index (χ0) is 16.2. The van der Waals surface area contributed by atoms with Gasteiger partial charge < -0.3 is 10.2 Å². The average molecular weight is 314 g/mol. The summed E-state index contributed by atoms with van der Waals surface area (Å²) in [5, 5.41) is 3.75. The smallest absolute Gasteiger partial charge is 0.261 e. The third-order valence-corrected chi connectivity index (χ3v) is 4.43. The van der Waals surface area contributed by atoms with Crippen LogP contribution in [-0.4, -0.2) is 47.0 Å². The highest BCUT2D eigenvalue weighted by Crippen LogP contribution is 2.16. The Morgan fingerprint density at radius 1 is 1.39 bits per heavy atom. The predicted octanol–water partition coefficient (Wildman–Crippen LogP) is 0.854. The molecule has 1 saturated heterocycles. The summed E-state index contributed by atoms with van der Waals surface area (Å²) in [5.74, 6) is 0.651. The van der Waals surface area contributed by atoms with Crippen molar-refractivity contribution in [1.29, 1.82) is 0 Å². The van der Waals surface area contributed by atoms with Gasteiger partial charge in [-0.1, -0.05) is 12.1 Å². The Morgan fingerprint density at radius 2 is 2.22 bits per heavy atom. The molecule has 1 atom stereocenters. The maximum absolute atomic E-state index is 12.4. The minimum Gasteiger partial charge on any atom is -0.342 e. The number of hydrogen-bond donors (Lipinski definition) is 1. The van der Waals surface area contributed by atoms with Gasteiger partial charge in [-0.2, -0.15) is 0 Å². The molecule has 0 saturated carbocycles. The van der Waals surface area contributed by atoms with Gasteiger partial charge in [0.15, 0.2) is 0 Å². The quantitative estimate of drug-likeness (QED) is 0.889. The van der Waals surface area contributed by atoms with E-state index in [9.17, 15) is 9.59 Å². The molecule has 0 bridgehead atoms. The Kier molecular flexibility index (Phi) is 4.71. The number of hydrogen-bond acceptors (Lipinski definition) is 4. The van der Waals surface area contributed by atoms with E-state index >= 15 is 0 Å². The highest BCUT2D eigenvalue weighted by atomic mass is 16.2. The van der Waals surface area contributed by atoms with Gasteiger partial charge in [0.25, 0.3) is 5.56 Å². The Morgan fingerprint density at radius 3 is 3.04 bits per heavy atom. The Bertz CT molecular complexity index is 756. The molecule has 2 aromatic rings. The zero-order valence-electron chi connectivity index (χ0n) is 13.4. The number of nitrogens with zero attached hydrogens (tertiary/aromatic N) is 3. The normalized spacial score (nSPS) is 17.8. The standard InChI is InChI=1S/C17H22N4O2/c1-18-10-13-6-8-20(11-13)16(22)7-9-21-12-19-15-5-3-2-4-14(15)17(21)23/h2-5,12-13,18H,6-11H2,1H3/t13-/m0/s1. The van der Waals surface area contributed by atoms with Gasteiger partial charge in [-0.15, -0.1) is 0 Å². The van der Waals surface area contributed by atoms with Crippen molar-refractivity contribution in [2.45, 2.75) is 19.4 Å². The molecule has 1 aliphatic rings. The lowest BCUT2D eigenvalue weighted by atomic mass is 10.1. The number of carbonyl (C=O) groups is 1. The van der Waals surface area contributed by atoms with E-state index in [-0.39, 0.29) is 11.5 Å². The molecule has 1 aromatic heterocycles. The lowest BCUT2D eigenvalue weighted by molar-refractivity contribution is -0.130. The van der Waals surface area contributed by atoms with Crippen LogP contribution in [-0.2, 0) is 11.3 Å². The van der Waals surface area contributed by atoms with Gasteiger partial charge in [0.05, 0.1) is 17.2 Å². The number of para-hydroxylation sites is 1. The number of carbonyl (C=O) groups excluding carboxylic acids is 1. The van der Waals surface area contributed by atoms with Gasteiger partial charge in [-0.3, -0.25) is 14.2 Å². The van der Waals surface area contributed by atoms with Gasteiger partial charge in [-0.05, 0) is 38.1 Å². The zero-order valence-corrected chi connectivity index (χ0v) is 13.4. The Balaban J connectivity index is 1.63. The molecule has 6 heteroatoms. The molecule has 1 fully saturated rings. The fraction of sp³-hybridized carbons (Fsp3) is 0.471. The van der Waals surface area contributed by atoms with Crippen molar-refractivity contribution < 1.29 is 4.79 Å². The molecule has 1 N–H and O–H groups in total. The summed E-state index contributed by atoms with van der Waals surface area (Å²) >= 11 is 0. The number of nitrogens with one attached hydrogen (secondary N) is 1. The number of likely N-dealkylation sites (tertiary alicyclic amines) is 1. The second-order valence-corrected chi connectivity index (χ2v) is 6.06. The van der Waals surface area contributed by atoms with Gasteiger partial charge in [0.2, 0.25) is 5.91 Å². The van der Waals surface area contributed by atoms with Gasteiger partial charge in [0.1, 0.15) is 0 Å². The Labute approximate surface area is 135 Å². The van der Waals surface area contributed by atoms with Crippen LogP contribution < -0.4 is 10.9 Å². The van der Waals surface area contributed by atoms with E-state index in [0.717, 1.165) is 26.1 Å². The van der Waals surface area contributed by atoms with Crippen molar-refractivity contribution >= 4 is 16.8 Å². The van der Waals surface area contributed by atoms with Crippen molar-refractivity contribution in [1.82, 2.24) is 19.8 Å². The predicted molar refractivity (Wildman–Crippen MR) is 89.2 cm³/mol. The van der Waals surface area contributed by atoms with Crippen LogP contribution >= 0.6 is 0 Å². The molecule has 2 heterocycles. The first-order valence-corrected chi connectivity index (χ1v) is 8.05. The molecule has 23 heavy (non-hydrogen) atoms. The molecule has 0 unspecified atom stereocenters. The van der Waals surface area contributed by atoms with Crippen molar-refractivity contribution in [3.05, 3.63) is 40.9 Å². The van der Waals surface area contributed by atoms with Gasteiger partial charge in [0, 0.05) is 26.1 Å². The van der Waals surface area contributed by atoms with E-state index in [1.807, 2.05) is 30.1 Å². The van der Waals surface area contributed by atoms with Crippen LogP contribution in [0.5, 0.6) is 0 Å². The fourth-order valence-electron chi connectivity index (χ4n) is 3.15. The number of amides is 1. The second kappa shape index (κ2) is 6.91. The van der Waals surface area contributed by atoms with E-state index in [2.05, 4.69) is 10.3 Å². The van der Waals surface area contributed by atoms with Crippen molar-refractivity contribution in [3.8, 4) is 0 Å². The van der Waals surface area contributed by atoms with E-state index in [4.69, 9.17) is 0 Å². The van der Waals surface area contributed by atoms with E-state index in [0.29, 0.717) is 29.8 Å². The minimum absolute atomic E-state index is 0.0853. The molecular weight excluding hydrogens is 292 g/mol. The molecule has 1 aromatic carbocycles. The van der Waals surface area contributed by atoms with Crippen molar-refractivity contribution in [3.63, 3.8) is 0 Å². The first-order valence-electron chi connectivity index (χ1n) is 8.05. The molecule has 122 valence electrons. The summed E-state index contributed by atoms with van der Waals surface area (Å²) in [6.07, 6.45) is 2.92. The molecule has 0 radical (unpaired) electrons. The maximum Gasteiger partial charge on any atom is 0.261 e. The molecule has 1 amide bonds. The molecule has 3 rings (SSSR count). The maximum atomic E-state index is 12.4. The third-order valence-electron chi connectivity index (χ3n) is 4.43. The van der Waals surface area contributed by atoms with Crippen LogP contribution in [0.4, 0.5) is 0 Å². The largest absolute Gasteiger partial charge is 0.342 e. The summed E-state index contributed by atoms with van der Waals surface area (Å²) in [6.45, 7) is 2.95. The van der Waals surface area contributed by atoms with Crippen LogP contribution in [0.1, 0.15) is 12.8 Å². The SMILES string of the molecule is CNC[C@@H]1CCN(C(=O)CCn2cnc3ccccc3c2=O)C1. The summed E-state index contributed by atoms with van der Waals surface area (Å²) < 4.78 is 1.53. The lowest BCUT2D eigenvalue weighted by Crippen LogP contribution is -2.32. The highest BCUT2D eigenvalue weighted by Gasteiger charge is 2.25. The number of benzene rings is 1. The summed E-state index contributed by atoms with van der Waals surface area (Å²) in [6, 6.07) is 7.27. The van der Waals surface area contributed by atoms with E-state index < -0.39 is 0 Å². The monoisotopic (exact) mass is 314 g/mol. The van der Waals surface area contributed by atoms with Crippen LogP contribution in [0.15, 0.2) is 35.4 Å². The molecular formula is C17H22N4O2. The van der Waals surface area contributed by atoms with E-state index in [1.165, 1.54) is 10.9 Å². The molecule has 0 spiro atoms. The van der Waals surface area contributed by atoms with Gasteiger partial charge >= 0.3 is 0 Å². The summed E-state index contributed by atoms with van der Waals surface area (Å²) in [4.78, 5) is 30.9. The topological polar surface area (TPSA) is 67.2 Å². The molecule has 0 aliphatic carbocycles. The van der Waals surface area contributed by atoms with Crippen molar-refractivity contribution in [2.24, 2.45) is 5.92 Å². The number of fused-ring (bicyclic) bond motifs is 1. The highest BCUT2D eigenvalue weighted by molar-refractivity contribution is 5.77. The number of aromatic nitrogens is 2. The molecule has 6 nitrogen and oxygen atoms in total. The second-order valence-electron chi connectivity index (χ2n) is 6.06. The average Bonchev–Trinajstić information content (AvgIpc) is 3.03. The fourth-order valence-corrected chi connectivity index (χ4v) is 3.15. The number of aryl methyl sites for hydroxylation is 1. The first kappa shape index (κ1) is 15.7. The van der Waals surface area contributed by atoms with Crippen LogP contribution in [0.2, 0.25) is 0 Å². The van der Waals surface area contributed by atoms with Crippen molar-refractivity contribution in [2.75, 3.05) is 26.7 Å². The molecule has 1 aliphatic heterocycles. The lowest BCUT2D eigenvalue weighted by Gasteiger charge is -2.17. The van der Waals surface area contributed by atoms with Crippen LogP contribution in [0.25, 0.3) is 10.9 Å². The third kappa shape index (κ3) is 3.42. The van der Waals surface area contributed by atoms with Crippen LogP contribution in [0, 0.1) is 5.92 Å². The summed E-state index contributed by atoms with van der Waals surface area (Å²) in [7, 11) is 1.93. The Hall–Kier alpha value is -2.21. The number of rotatable bonds is 5. The van der Waals surface area contributed by atoms with E-state index in [1.54, 1.807) is 6.07 Å². The minimum atomic E-state index is -0.0853. The first-order chi connectivity index (χ1) is 11.2. The van der Waals surface area contributed by atoms with Crippen LogP contribution in [0.3, 0.4) is 0 Å². The van der Waals surface area contributed by atoms with Gasteiger partial charge in [-0.25, -0.2) is 4.98 Å².